The fourth-order valence-corrected chi connectivity index (χ4v) is 3.99. The number of fused-ring (bicyclic) bond motifs is 1. The summed E-state index contributed by atoms with van der Waals surface area (Å²) >= 11 is 0. The Bertz CT molecular complexity index is 1310. The fourth-order valence-electron chi connectivity index (χ4n) is 3.99. The molecule has 0 N–H and O–H groups in total. The number of hydrogen-bond donors (Lipinski definition) is 0. The molecule has 0 radical (unpaired) electrons. The van der Waals surface area contributed by atoms with E-state index >= 15 is 0 Å². The molecule has 4 heterocycles. The van der Waals surface area contributed by atoms with Gasteiger partial charge in [-0.1, -0.05) is 18.2 Å². The van der Waals surface area contributed by atoms with Crippen LogP contribution in [0.4, 0.5) is 5.82 Å². The van der Waals surface area contributed by atoms with E-state index in [0.717, 1.165) is 16.7 Å². The molecule has 0 atom stereocenters. The van der Waals surface area contributed by atoms with E-state index in [0.29, 0.717) is 42.6 Å². The third-order valence-electron chi connectivity index (χ3n) is 5.77. The molecule has 168 valence electrons. The number of anilines is 1. The van der Waals surface area contributed by atoms with Crippen LogP contribution in [0.2, 0.25) is 0 Å². The molecule has 0 bridgehead atoms. The number of amides is 1. The van der Waals surface area contributed by atoms with E-state index in [1.807, 2.05) is 58.0 Å². The standard InChI is InChI=1S/C24H25N7O2/c1-16(2)31-15-25-28-23(31)21-5-4-6-22(27-21)30-14-18-8-7-17(11-20(18)24(30)32)19-12-26-29(13-19)9-10-33-3/h4-8,11-13,15-16H,9-10,14H2,1-3H3. The fraction of sp³-hybridized carbons (Fsp3) is 0.292. The molecule has 1 aromatic carbocycles. The zero-order valence-electron chi connectivity index (χ0n) is 18.8. The topological polar surface area (TPSA) is 91.0 Å². The van der Waals surface area contributed by atoms with Crippen LogP contribution in [-0.4, -0.2) is 49.2 Å². The molecule has 3 aromatic heterocycles. The number of carbonyl (C=O) groups excluding carboxylic acids is 1. The maximum Gasteiger partial charge on any atom is 0.260 e. The first-order valence-corrected chi connectivity index (χ1v) is 10.9. The van der Waals surface area contributed by atoms with Crippen LogP contribution >= 0.6 is 0 Å². The highest BCUT2D eigenvalue weighted by Gasteiger charge is 2.30. The lowest BCUT2D eigenvalue weighted by atomic mass is 10.0. The van der Waals surface area contributed by atoms with Gasteiger partial charge in [0.05, 0.1) is 25.9 Å². The van der Waals surface area contributed by atoms with E-state index in [1.54, 1.807) is 18.3 Å². The van der Waals surface area contributed by atoms with Crippen molar-refractivity contribution in [3.63, 3.8) is 0 Å². The smallest absolute Gasteiger partial charge is 0.260 e. The van der Waals surface area contributed by atoms with Crippen molar-refractivity contribution in [2.45, 2.75) is 33.0 Å². The van der Waals surface area contributed by atoms with Gasteiger partial charge in [0.25, 0.3) is 5.91 Å². The second-order valence-electron chi connectivity index (χ2n) is 8.28. The summed E-state index contributed by atoms with van der Waals surface area (Å²) in [6, 6.07) is 11.8. The van der Waals surface area contributed by atoms with E-state index in [2.05, 4.69) is 29.1 Å². The quantitative estimate of drug-likeness (QED) is 0.434. The first kappa shape index (κ1) is 21.0. The first-order valence-electron chi connectivity index (χ1n) is 10.9. The van der Waals surface area contributed by atoms with Crippen LogP contribution in [0.3, 0.4) is 0 Å². The monoisotopic (exact) mass is 443 g/mol. The Morgan fingerprint density at radius 2 is 2.03 bits per heavy atom. The van der Waals surface area contributed by atoms with Gasteiger partial charge < -0.3 is 9.30 Å². The summed E-state index contributed by atoms with van der Waals surface area (Å²) < 4.78 is 8.92. The van der Waals surface area contributed by atoms with Crippen LogP contribution in [0.5, 0.6) is 0 Å². The third-order valence-corrected chi connectivity index (χ3v) is 5.77. The van der Waals surface area contributed by atoms with Crippen molar-refractivity contribution in [3.05, 3.63) is 66.2 Å². The molecule has 9 heteroatoms. The van der Waals surface area contributed by atoms with E-state index < -0.39 is 0 Å². The van der Waals surface area contributed by atoms with Crippen molar-refractivity contribution < 1.29 is 9.53 Å². The summed E-state index contributed by atoms with van der Waals surface area (Å²) in [5.74, 6) is 1.22. The Morgan fingerprint density at radius 3 is 2.85 bits per heavy atom. The van der Waals surface area contributed by atoms with Crippen molar-refractivity contribution in [3.8, 4) is 22.6 Å². The van der Waals surface area contributed by atoms with Gasteiger partial charge in [0.15, 0.2) is 5.82 Å². The first-order chi connectivity index (χ1) is 16.0. The van der Waals surface area contributed by atoms with Crippen molar-refractivity contribution in [2.75, 3.05) is 18.6 Å². The molecule has 0 fully saturated rings. The van der Waals surface area contributed by atoms with Gasteiger partial charge in [-0.25, -0.2) is 4.98 Å². The summed E-state index contributed by atoms with van der Waals surface area (Å²) in [6.07, 6.45) is 5.47. The number of hydrogen-bond acceptors (Lipinski definition) is 6. The van der Waals surface area contributed by atoms with E-state index in [1.165, 1.54) is 0 Å². The van der Waals surface area contributed by atoms with Crippen molar-refractivity contribution in [1.82, 2.24) is 29.5 Å². The average molecular weight is 444 g/mol. The summed E-state index contributed by atoms with van der Waals surface area (Å²) in [4.78, 5) is 19.8. The van der Waals surface area contributed by atoms with Crippen molar-refractivity contribution in [2.24, 2.45) is 0 Å². The van der Waals surface area contributed by atoms with Gasteiger partial charge in [-0.05, 0) is 43.2 Å². The predicted octanol–water partition coefficient (Wildman–Crippen LogP) is 3.59. The lowest BCUT2D eigenvalue weighted by Gasteiger charge is -2.16. The molecule has 4 aromatic rings. The Balaban J connectivity index is 1.42. The summed E-state index contributed by atoms with van der Waals surface area (Å²) in [6.45, 7) is 5.89. The van der Waals surface area contributed by atoms with Crippen LogP contribution in [-0.2, 0) is 17.8 Å². The molecular formula is C24H25N7O2. The molecule has 33 heavy (non-hydrogen) atoms. The minimum atomic E-state index is -0.0615. The predicted molar refractivity (Wildman–Crippen MR) is 124 cm³/mol. The molecule has 5 rings (SSSR count). The number of pyridine rings is 1. The number of methoxy groups -OCH3 is 1. The maximum absolute atomic E-state index is 13.3. The molecule has 1 aliphatic heterocycles. The Morgan fingerprint density at radius 1 is 1.15 bits per heavy atom. The van der Waals surface area contributed by atoms with E-state index in [-0.39, 0.29) is 11.9 Å². The molecular weight excluding hydrogens is 418 g/mol. The summed E-state index contributed by atoms with van der Waals surface area (Å²) in [7, 11) is 1.67. The average Bonchev–Trinajstić information content (AvgIpc) is 3.57. The van der Waals surface area contributed by atoms with Gasteiger partial charge in [0.1, 0.15) is 17.8 Å². The number of rotatable bonds is 7. The van der Waals surface area contributed by atoms with Gasteiger partial charge in [-0.15, -0.1) is 10.2 Å². The molecule has 0 unspecified atom stereocenters. The zero-order chi connectivity index (χ0) is 22.9. The lowest BCUT2D eigenvalue weighted by Crippen LogP contribution is -2.24. The van der Waals surface area contributed by atoms with Crippen molar-refractivity contribution >= 4 is 11.7 Å². The number of carbonyl (C=O) groups is 1. The molecule has 1 aliphatic rings. The molecule has 0 spiro atoms. The third kappa shape index (κ3) is 3.91. The van der Waals surface area contributed by atoms with Crippen molar-refractivity contribution in [1.29, 1.82) is 0 Å². The van der Waals surface area contributed by atoms with Gasteiger partial charge in [0, 0.05) is 30.5 Å². The number of ether oxygens (including phenoxy) is 1. The Labute approximate surface area is 191 Å². The highest BCUT2D eigenvalue weighted by Crippen LogP contribution is 2.32. The highest BCUT2D eigenvalue weighted by molar-refractivity contribution is 6.10. The minimum Gasteiger partial charge on any atom is -0.383 e. The van der Waals surface area contributed by atoms with Crippen LogP contribution in [0.15, 0.2) is 55.1 Å². The highest BCUT2D eigenvalue weighted by atomic mass is 16.5. The molecule has 0 aliphatic carbocycles. The van der Waals surface area contributed by atoms with Crippen LogP contribution in [0.25, 0.3) is 22.6 Å². The van der Waals surface area contributed by atoms with Gasteiger partial charge >= 0.3 is 0 Å². The van der Waals surface area contributed by atoms with Gasteiger partial charge in [-0.2, -0.15) is 5.10 Å². The van der Waals surface area contributed by atoms with Gasteiger partial charge in [-0.3, -0.25) is 14.4 Å². The molecule has 9 nitrogen and oxygen atoms in total. The minimum absolute atomic E-state index is 0.0615. The SMILES string of the molecule is COCCn1cc(-c2ccc3c(c2)C(=O)N(c2cccc(-c4nncn4C(C)C)n2)C3)cn1. The Hall–Kier alpha value is -3.85. The van der Waals surface area contributed by atoms with Crippen LogP contribution in [0.1, 0.15) is 35.8 Å². The van der Waals surface area contributed by atoms with Crippen LogP contribution in [0, 0.1) is 0 Å². The van der Waals surface area contributed by atoms with E-state index in [9.17, 15) is 4.79 Å². The van der Waals surface area contributed by atoms with Crippen LogP contribution < -0.4 is 4.90 Å². The van der Waals surface area contributed by atoms with E-state index in [4.69, 9.17) is 9.72 Å². The number of benzene rings is 1. The molecule has 1 amide bonds. The number of nitrogens with zero attached hydrogens (tertiary/aromatic N) is 7. The summed E-state index contributed by atoms with van der Waals surface area (Å²) in [5, 5.41) is 12.6. The maximum atomic E-state index is 13.3. The largest absolute Gasteiger partial charge is 0.383 e. The Kier molecular flexibility index (Phi) is 5.47. The normalized spacial score (nSPS) is 13.2. The van der Waals surface area contributed by atoms with Gasteiger partial charge in [0.2, 0.25) is 0 Å². The molecule has 0 saturated carbocycles. The lowest BCUT2D eigenvalue weighted by molar-refractivity contribution is 0.0996. The second kappa shape index (κ2) is 8.59. The number of aromatic nitrogens is 6. The molecule has 0 saturated heterocycles. The second-order valence-corrected chi connectivity index (χ2v) is 8.28. The zero-order valence-corrected chi connectivity index (χ0v) is 18.8. The summed E-state index contributed by atoms with van der Waals surface area (Å²) in [5.41, 5.74) is 4.28.